The lowest BCUT2D eigenvalue weighted by Crippen LogP contribution is -2.34. The summed E-state index contributed by atoms with van der Waals surface area (Å²) in [4.78, 5) is 15.0. The molecule has 1 spiro atoms. The average Bonchev–Trinajstić information content (AvgIpc) is 3.19. The van der Waals surface area contributed by atoms with Crippen LogP contribution in [-0.4, -0.2) is 38.7 Å². The molecule has 5 heteroatoms. The lowest BCUT2D eigenvalue weighted by Gasteiger charge is -2.37. The topological polar surface area (TPSA) is 51.0 Å². The number of aromatic nitrogens is 3. The molecular formula is C19H24N4O. The number of carbonyl (C=O) groups excluding carboxylic acids is 1. The first kappa shape index (κ1) is 15.4. The highest BCUT2D eigenvalue weighted by molar-refractivity contribution is 5.94. The molecule has 24 heavy (non-hydrogen) atoms. The van der Waals surface area contributed by atoms with Gasteiger partial charge >= 0.3 is 0 Å². The molecular weight excluding hydrogens is 300 g/mol. The molecule has 1 aromatic heterocycles. The van der Waals surface area contributed by atoms with Gasteiger partial charge in [0.2, 0.25) is 0 Å². The Hall–Kier alpha value is -2.17. The Labute approximate surface area is 142 Å². The monoisotopic (exact) mass is 324 g/mol. The maximum absolute atomic E-state index is 13.0. The average molecular weight is 324 g/mol. The molecule has 1 saturated heterocycles. The van der Waals surface area contributed by atoms with Crippen molar-refractivity contribution in [1.29, 1.82) is 0 Å². The van der Waals surface area contributed by atoms with E-state index in [0.29, 0.717) is 0 Å². The first-order valence-electron chi connectivity index (χ1n) is 8.88. The lowest BCUT2D eigenvalue weighted by atomic mass is 9.67. The minimum Gasteiger partial charge on any atom is -0.337 e. The van der Waals surface area contributed by atoms with Gasteiger partial charge in [0, 0.05) is 31.6 Å². The van der Waals surface area contributed by atoms with Crippen LogP contribution in [0, 0.1) is 5.41 Å². The van der Waals surface area contributed by atoms with Crippen LogP contribution in [0.1, 0.15) is 54.2 Å². The molecule has 0 radical (unpaired) electrons. The SMILES string of the molecule is Cn1cnnc1C1CN(C(=O)c2ccccc2)CC12CCCCC2. The van der Waals surface area contributed by atoms with Gasteiger partial charge in [0.05, 0.1) is 0 Å². The molecule has 2 aromatic rings. The highest BCUT2D eigenvalue weighted by Gasteiger charge is 2.50. The van der Waals surface area contributed by atoms with Gasteiger partial charge < -0.3 is 9.47 Å². The predicted molar refractivity (Wildman–Crippen MR) is 91.6 cm³/mol. The number of likely N-dealkylation sites (tertiary alicyclic amines) is 1. The zero-order valence-electron chi connectivity index (χ0n) is 14.2. The van der Waals surface area contributed by atoms with Gasteiger partial charge in [0.1, 0.15) is 12.2 Å². The number of hydrogen-bond acceptors (Lipinski definition) is 3. The van der Waals surface area contributed by atoms with Crippen LogP contribution in [0.3, 0.4) is 0 Å². The molecule has 5 nitrogen and oxygen atoms in total. The molecule has 1 saturated carbocycles. The Morgan fingerprint density at radius 1 is 1.17 bits per heavy atom. The molecule has 1 aliphatic carbocycles. The number of nitrogens with zero attached hydrogens (tertiary/aromatic N) is 4. The molecule has 1 amide bonds. The van der Waals surface area contributed by atoms with Gasteiger partial charge in [-0.05, 0) is 30.4 Å². The first-order chi connectivity index (χ1) is 11.7. The number of amides is 1. The van der Waals surface area contributed by atoms with Gasteiger partial charge in [0.25, 0.3) is 5.91 Å². The summed E-state index contributed by atoms with van der Waals surface area (Å²) < 4.78 is 2.03. The van der Waals surface area contributed by atoms with Crippen LogP contribution in [0.2, 0.25) is 0 Å². The largest absolute Gasteiger partial charge is 0.337 e. The van der Waals surface area contributed by atoms with E-state index in [-0.39, 0.29) is 17.2 Å². The molecule has 126 valence electrons. The van der Waals surface area contributed by atoms with Crippen molar-refractivity contribution in [2.24, 2.45) is 12.5 Å². The van der Waals surface area contributed by atoms with Crippen molar-refractivity contribution in [3.8, 4) is 0 Å². The zero-order valence-corrected chi connectivity index (χ0v) is 14.2. The summed E-state index contributed by atoms with van der Waals surface area (Å²) in [7, 11) is 2.01. The van der Waals surface area contributed by atoms with E-state index in [1.165, 1.54) is 32.1 Å². The van der Waals surface area contributed by atoms with Crippen molar-refractivity contribution in [3.05, 3.63) is 48.0 Å². The third-order valence-corrected chi connectivity index (χ3v) is 5.86. The van der Waals surface area contributed by atoms with Gasteiger partial charge in [-0.15, -0.1) is 10.2 Å². The molecule has 2 heterocycles. The smallest absolute Gasteiger partial charge is 0.253 e. The third kappa shape index (κ3) is 2.52. The number of carbonyl (C=O) groups is 1. The highest BCUT2D eigenvalue weighted by Crippen LogP contribution is 2.51. The molecule has 1 unspecified atom stereocenters. The second-order valence-electron chi connectivity index (χ2n) is 7.33. The quantitative estimate of drug-likeness (QED) is 0.853. The number of aryl methyl sites for hydroxylation is 1. The van der Waals surface area contributed by atoms with E-state index in [1.807, 2.05) is 46.8 Å². The number of benzene rings is 1. The Kier molecular flexibility index (Phi) is 3.87. The molecule has 1 aromatic carbocycles. The molecule has 0 N–H and O–H groups in total. The fourth-order valence-electron chi connectivity index (χ4n) is 4.61. The summed E-state index contributed by atoms with van der Waals surface area (Å²) in [5.74, 6) is 1.46. The molecule has 1 atom stereocenters. The van der Waals surface area contributed by atoms with E-state index in [2.05, 4.69) is 10.2 Å². The standard InChI is InChI=1S/C19H24N4O/c1-22-14-20-21-17(22)16-12-23(13-19(16)10-6-3-7-11-19)18(24)15-8-4-2-5-9-15/h2,4-5,8-9,14,16H,3,6-7,10-13H2,1H3. The summed E-state index contributed by atoms with van der Waals surface area (Å²) in [6.45, 7) is 1.60. The maximum Gasteiger partial charge on any atom is 0.253 e. The van der Waals surface area contributed by atoms with Crippen LogP contribution in [0.4, 0.5) is 0 Å². The van der Waals surface area contributed by atoms with Crippen molar-refractivity contribution < 1.29 is 4.79 Å². The normalized spacial score (nSPS) is 22.9. The van der Waals surface area contributed by atoms with Crippen LogP contribution in [0.5, 0.6) is 0 Å². The van der Waals surface area contributed by atoms with Gasteiger partial charge in [0.15, 0.2) is 0 Å². The zero-order chi connectivity index (χ0) is 16.6. The number of hydrogen-bond donors (Lipinski definition) is 0. The van der Waals surface area contributed by atoms with E-state index >= 15 is 0 Å². The van der Waals surface area contributed by atoms with Crippen molar-refractivity contribution in [3.63, 3.8) is 0 Å². The molecule has 2 aliphatic rings. The number of rotatable bonds is 2. The fourth-order valence-corrected chi connectivity index (χ4v) is 4.61. The fraction of sp³-hybridized carbons (Fsp3) is 0.526. The van der Waals surface area contributed by atoms with E-state index in [9.17, 15) is 4.79 Å². The van der Waals surface area contributed by atoms with Crippen molar-refractivity contribution >= 4 is 5.91 Å². The van der Waals surface area contributed by atoms with Crippen LogP contribution < -0.4 is 0 Å². The second-order valence-corrected chi connectivity index (χ2v) is 7.33. The lowest BCUT2D eigenvalue weighted by molar-refractivity contribution is 0.0758. The van der Waals surface area contributed by atoms with Gasteiger partial charge in [-0.3, -0.25) is 4.79 Å². The minimum atomic E-state index is 0.144. The van der Waals surface area contributed by atoms with E-state index in [4.69, 9.17) is 0 Å². The summed E-state index contributed by atoms with van der Waals surface area (Å²) in [6, 6.07) is 9.63. The summed E-state index contributed by atoms with van der Waals surface area (Å²) >= 11 is 0. The highest BCUT2D eigenvalue weighted by atomic mass is 16.2. The van der Waals surface area contributed by atoms with Crippen LogP contribution in [-0.2, 0) is 7.05 Å². The summed E-state index contributed by atoms with van der Waals surface area (Å²) in [6.07, 6.45) is 7.95. The minimum absolute atomic E-state index is 0.144. The third-order valence-electron chi connectivity index (χ3n) is 5.86. The van der Waals surface area contributed by atoms with Crippen molar-refractivity contribution in [1.82, 2.24) is 19.7 Å². The molecule has 4 rings (SSSR count). The first-order valence-corrected chi connectivity index (χ1v) is 8.88. The van der Waals surface area contributed by atoms with E-state index in [0.717, 1.165) is 24.5 Å². The maximum atomic E-state index is 13.0. The van der Waals surface area contributed by atoms with Gasteiger partial charge in [-0.2, -0.15) is 0 Å². The predicted octanol–water partition coefficient (Wildman–Crippen LogP) is 3.01. The molecule has 2 fully saturated rings. The Morgan fingerprint density at radius 2 is 1.92 bits per heavy atom. The Balaban J connectivity index is 1.66. The molecule has 1 aliphatic heterocycles. The second kappa shape index (κ2) is 6.04. The molecule has 0 bridgehead atoms. The van der Waals surface area contributed by atoms with Crippen molar-refractivity contribution in [2.75, 3.05) is 13.1 Å². The van der Waals surface area contributed by atoms with Crippen LogP contribution in [0.25, 0.3) is 0 Å². The van der Waals surface area contributed by atoms with Gasteiger partial charge in [-0.25, -0.2) is 0 Å². The summed E-state index contributed by atoms with van der Waals surface area (Å²) in [5, 5.41) is 8.47. The van der Waals surface area contributed by atoms with Crippen LogP contribution >= 0.6 is 0 Å². The van der Waals surface area contributed by atoms with Gasteiger partial charge in [-0.1, -0.05) is 37.5 Å². The van der Waals surface area contributed by atoms with E-state index in [1.54, 1.807) is 6.33 Å². The Morgan fingerprint density at radius 3 is 2.58 bits per heavy atom. The Bertz CT molecular complexity index is 718. The summed E-state index contributed by atoms with van der Waals surface area (Å²) in [5.41, 5.74) is 0.950. The van der Waals surface area contributed by atoms with E-state index < -0.39 is 0 Å². The van der Waals surface area contributed by atoms with Crippen LogP contribution in [0.15, 0.2) is 36.7 Å². The van der Waals surface area contributed by atoms with Crippen molar-refractivity contribution in [2.45, 2.75) is 38.0 Å².